The molecule has 0 fully saturated rings. The summed E-state index contributed by atoms with van der Waals surface area (Å²) in [5.41, 5.74) is 0. The number of hydrogen-bond donors (Lipinski definition) is 0. The van der Waals surface area contributed by atoms with Crippen molar-refractivity contribution in [2.75, 3.05) is 6.61 Å². The fraction of sp³-hybridized carbons (Fsp3) is 0.750. The van der Waals surface area contributed by atoms with E-state index in [0.29, 0.717) is 0 Å². The van der Waals surface area contributed by atoms with Crippen LogP contribution in [0.5, 0.6) is 5.75 Å². The third-order valence-corrected chi connectivity index (χ3v) is 4.95. The number of ether oxygens (including phenoxy) is 1. The third kappa shape index (κ3) is 15.0. The molecule has 1 rings (SSSR count). The van der Waals surface area contributed by atoms with E-state index in [-0.39, 0.29) is 0 Å². The molecule has 0 aliphatic heterocycles. The van der Waals surface area contributed by atoms with Crippen LogP contribution in [0.4, 0.5) is 0 Å². The van der Waals surface area contributed by atoms with E-state index in [2.05, 4.69) is 13.0 Å². The Morgan fingerprint density at radius 1 is 0.600 bits per heavy atom. The topological polar surface area (TPSA) is 9.23 Å². The van der Waals surface area contributed by atoms with Crippen LogP contribution in [-0.4, -0.2) is 6.61 Å². The van der Waals surface area contributed by atoms with Gasteiger partial charge >= 0.3 is 0 Å². The molecule has 143 valence electrons. The van der Waals surface area contributed by atoms with Crippen molar-refractivity contribution in [2.45, 2.75) is 110 Å². The minimum Gasteiger partial charge on any atom is -0.494 e. The molecule has 0 aliphatic rings. The third-order valence-electron chi connectivity index (χ3n) is 4.95. The molecule has 1 aromatic rings. The SMILES string of the molecule is CCCCCCCCCCCCCCCCCCOc1cc[c]cc1. The van der Waals surface area contributed by atoms with Gasteiger partial charge in [-0.2, -0.15) is 0 Å². The molecule has 0 saturated carbocycles. The number of hydrogen-bond acceptors (Lipinski definition) is 1. The highest BCUT2D eigenvalue weighted by Crippen LogP contribution is 2.14. The zero-order valence-electron chi connectivity index (χ0n) is 16.7. The van der Waals surface area contributed by atoms with Crippen LogP contribution in [0.1, 0.15) is 110 Å². The second-order valence-electron chi connectivity index (χ2n) is 7.39. The minimum atomic E-state index is 0.850. The summed E-state index contributed by atoms with van der Waals surface area (Å²) >= 11 is 0. The molecule has 0 saturated heterocycles. The monoisotopic (exact) mass is 345 g/mol. The van der Waals surface area contributed by atoms with Crippen molar-refractivity contribution in [3.05, 3.63) is 30.3 Å². The van der Waals surface area contributed by atoms with Crippen LogP contribution >= 0.6 is 0 Å². The van der Waals surface area contributed by atoms with Gasteiger partial charge in [-0.1, -0.05) is 115 Å². The van der Waals surface area contributed by atoms with Gasteiger partial charge in [-0.25, -0.2) is 0 Å². The summed E-state index contributed by atoms with van der Waals surface area (Å²) in [7, 11) is 0. The van der Waals surface area contributed by atoms with Crippen LogP contribution in [0.3, 0.4) is 0 Å². The Morgan fingerprint density at radius 3 is 1.44 bits per heavy atom. The minimum absolute atomic E-state index is 0.850. The summed E-state index contributed by atoms with van der Waals surface area (Å²) < 4.78 is 5.71. The van der Waals surface area contributed by atoms with Gasteiger partial charge in [-0.15, -0.1) is 0 Å². The highest BCUT2D eigenvalue weighted by Gasteiger charge is 1.95. The first kappa shape index (κ1) is 22.1. The lowest BCUT2D eigenvalue weighted by atomic mass is 10.0. The average molecular weight is 346 g/mol. The van der Waals surface area contributed by atoms with E-state index >= 15 is 0 Å². The highest BCUT2D eigenvalue weighted by molar-refractivity contribution is 5.20. The van der Waals surface area contributed by atoms with Crippen LogP contribution in [0.25, 0.3) is 0 Å². The quantitative estimate of drug-likeness (QED) is 0.244. The van der Waals surface area contributed by atoms with Crippen molar-refractivity contribution in [2.24, 2.45) is 0 Å². The van der Waals surface area contributed by atoms with E-state index in [9.17, 15) is 0 Å². The van der Waals surface area contributed by atoms with E-state index in [1.165, 1.54) is 103 Å². The van der Waals surface area contributed by atoms with E-state index in [1.54, 1.807) is 0 Å². The van der Waals surface area contributed by atoms with E-state index in [0.717, 1.165) is 12.4 Å². The molecule has 1 aromatic carbocycles. The Bertz CT molecular complexity index is 360. The van der Waals surface area contributed by atoms with Crippen molar-refractivity contribution in [1.29, 1.82) is 0 Å². The summed E-state index contributed by atoms with van der Waals surface area (Å²) in [5.74, 6) is 0.972. The molecule has 0 bridgehead atoms. The first-order chi connectivity index (χ1) is 12.4. The van der Waals surface area contributed by atoms with Crippen molar-refractivity contribution in [3.8, 4) is 5.75 Å². The fourth-order valence-corrected chi connectivity index (χ4v) is 3.31. The standard InChI is InChI=1S/C24H41O/c1-2-3-4-5-6-7-8-9-10-11-12-13-14-15-16-20-23-25-24-21-18-17-19-22-24/h18-19,21-22H,2-16,20,23H2,1H3. The van der Waals surface area contributed by atoms with Crippen LogP contribution in [-0.2, 0) is 0 Å². The molecule has 0 N–H and O–H groups in total. The molecule has 1 radical (unpaired) electrons. The maximum Gasteiger partial charge on any atom is 0.119 e. The fourth-order valence-electron chi connectivity index (χ4n) is 3.31. The van der Waals surface area contributed by atoms with Gasteiger partial charge in [0.25, 0.3) is 0 Å². The maximum absolute atomic E-state index is 5.71. The van der Waals surface area contributed by atoms with Gasteiger partial charge in [0.15, 0.2) is 0 Å². The zero-order valence-corrected chi connectivity index (χ0v) is 16.7. The van der Waals surface area contributed by atoms with Crippen LogP contribution in [0.2, 0.25) is 0 Å². The summed E-state index contributed by atoms with van der Waals surface area (Å²) in [6, 6.07) is 10.8. The second kappa shape index (κ2) is 17.8. The predicted octanol–water partition coefficient (Wildman–Crippen LogP) is 8.13. The Morgan fingerprint density at radius 2 is 1.00 bits per heavy atom. The molecule has 0 heterocycles. The normalized spacial score (nSPS) is 10.9. The molecule has 25 heavy (non-hydrogen) atoms. The number of rotatable bonds is 18. The molecule has 0 atom stereocenters. The number of benzene rings is 1. The Kier molecular flexibility index (Phi) is 15.7. The Labute approximate surface area is 157 Å². The Hall–Kier alpha value is -0.980. The second-order valence-corrected chi connectivity index (χ2v) is 7.39. The number of unbranched alkanes of at least 4 members (excludes halogenated alkanes) is 15. The van der Waals surface area contributed by atoms with Crippen LogP contribution in [0, 0.1) is 6.07 Å². The molecule has 1 heteroatoms. The van der Waals surface area contributed by atoms with Gasteiger partial charge in [0.2, 0.25) is 0 Å². The molecular weight excluding hydrogens is 304 g/mol. The van der Waals surface area contributed by atoms with Gasteiger partial charge in [0, 0.05) is 0 Å². The van der Waals surface area contributed by atoms with Gasteiger partial charge in [0.1, 0.15) is 5.75 Å². The Balaban J connectivity index is 1.69. The van der Waals surface area contributed by atoms with E-state index < -0.39 is 0 Å². The largest absolute Gasteiger partial charge is 0.494 e. The van der Waals surface area contributed by atoms with Gasteiger partial charge in [-0.05, 0) is 24.6 Å². The predicted molar refractivity (Wildman–Crippen MR) is 110 cm³/mol. The van der Waals surface area contributed by atoms with Crippen molar-refractivity contribution >= 4 is 0 Å². The smallest absolute Gasteiger partial charge is 0.119 e. The van der Waals surface area contributed by atoms with Gasteiger partial charge in [-0.3, -0.25) is 0 Å². The summed E-state index contributed by atoms with van der Waals surface area (Å²) in [6.45, 7) is 3.14. The molecule has 0 spiro atoms. The van der Waals surface area contributed by atoms with Crippen molar-refractivity contribution < 1.29 is 4.74 Å². The molecule has 0 unspecified atom stereocenters. The highest BCUT2D eigenvalue weighted by atomic mass is 16.5. The van der Waals surface area contributed by atoms with E-state index in [4.69, 9.17) is 4.74 Å². The summed E-state index contributed by atoms with van der Waals surface area (Å²) in [6.07, 6.45) is 22.6. The van der Waals surface area contributed by atoms with Gasteiger partial charge < -0.3 is 4.74 Å². The molecule has 0 aromatic heterocycles. The van der Waals surface area contributed by atoms with E-state index in [1.807, 2.05) is 24.3 Å². The van der Waals surface area contributed by atoms with Crippen LogP contribution in [0.15, 0.2) is 24.3 Å². The van der Waals surface area contributed by atoms with Crippen molar-refractivity contribution in [3.63, 3.8) is 0 Å². The average Bonchev–Trinajstić information content (AvgIpc) is 2.65. The lowest BCUT2D eigenvalue weighted by molar-refractivity contribution is 0.304. The molecule has 0 aliphatic carbocycles. The van der Waals surface area contributed by atoms with Gasteiger partial charge in [0.05, 0.1) is 6.61 Å². The molecule has 0 amide bonds. The van der Waals surface area contributed by atoms with Crippen molar-refractivity contribution in [1.82, 2.24) is 0 Å². The maximum atomic E-state index is 5.71. The lowest BCUT2D eigenvalue weighted by Gasteiger charge is -2.06. The first-order valence-electron chi connectivity index (χ1n) is 11.0. The first-order valence-corrected chi connectivity index (χ1v) is 11.0. The molecule has 1 nitrogen and oxygen atoms in total. The summed E-state index contributed by atoms with van der Waals surface area (Å²) in [4.78, 5) is 0. The lowest BCUT2D eigenvalue weighted by Crippen LogP contribution is -1.96. The zero-order chi connectivity index (χ0) is 17.8. The van der Waals surface area contributed by atoms with Crippen LogP contribution < -0.4 is 4.74 Å². The molecular formula is C24H41O. The summed E-state index contributed by atoms with van der Waals surface area (Å²) in [5, 5.41) is 0.